The summed E-state index contributed by atoms with van der Waals surface area (Å²) < 4.78 is 25.9. The fourth-order valence-corrected chi connectivity index (χ4v) is 3.05. The van der Waals surface area contributed by atoms with Crippen molar-refractivity contribution in [2.45, 2.75) is 31.9 Å². The van der Waals surface area contributed by atoms with E-state index in [1.807, 2.05) is 0 Å². The molecular weight excluding hydrogens is 260 g/mol. The first kappa shape index (κ1) is 14.3. The van der Waals surface area contributed by atoms with Crippen LogP contribution in [-0.4, -0.2) is 33.3 Å². The average molecular weight is 282 g/mol. The van der Waals surface area contributed by atoms with Gasteiger partial charge in [0.05, 0.1) is 5.25 Å². The quantitative estimate of drug-likeness (QED) is 0.809. The first-order valence-electron chi connectivity index (χ1n) is 6.82. The van der Waals surface area contributed by atoms with Crippen molar-refractivity contribution in [1.29, 1.82) is 0 Å². The number of hydrogen-bond donors (Lipinski definition) is 1. The molecule has 0 aromatic heterocycles. The second-order valence-electron chi connectivity index (χ2n) is 5.21. The predicted octanol–water partition coefficient (Wildman–Crippen LogP) is 1.77. The Bertz CT molecular complexity index is 526. The Hall–Kier alpha value is -1.07. The Labute approximate surface area is 115 Å². The maximum atomic E-state index is 11.6. The smallest absolute Gasteiger partial charge is 0.213 e. The van der Waals surface area contributed by atoms with Crippen molar-refractivity contribution in [3.05, 3.63) is 29.8 Å². The first-order chi connectivity index (χ1) is 9.00. The van der Waals surface area contributed by atoms with Crippen LogP contribution in [0.15, 0.2) is 24.3 Å². The normalized spacial score (nSPS) is 15.0. The Morgan fingerprint density at radius 2 is 2.05 bits per heavy atom. The predicted molar refractivity (Wildman–Crippen MR) is 79.0 cm³/mol. The van der Waals surface area contributed by atoms with Crippen molar-refractivity contribution in [2.24, 2.45) is 0 Å². The maximum absolute atomic E-state index is 11.6. The van der Waals surface area contributed by atoms with Gasteiger partial charge in [-0.05, 0) is 38.3 Å². The fourth-order valence-electron chi connectivity index (χ4n) is 2.29. The molecule has 0 saturated heterocycles. The molecule has 0 radical (unpaired) electrons. The number of nitrogens with zero attached hydrogens (tertiary/aromatic N) is 1. The minimum Gasteiger partial charge on any atom is -0.371 e. The molecule has 0 spiro atoms. The molecule has 0 fully saturated rings. The molecule has 1 heterocycles. The van der Waals surface area contributed by atoms with Gasteiger partial charge in [0.2, 0.25) is 10.0 Å². The molecule has 1 aliphatic heterocycles. The molecule has 5 heteroatoms. The summed E-state index contributed by atoms with van der Waals surface area (Å²) in [6, 6.07) is 8.43. The van der Waals surface area contributed by atoms with Gasteiger partial charge >= 0.3 is 0 Å². The van der Waals surface area contributed by atoms with Gasteiger partial charge in [-0.15, -0.1) is 0 Å². The van der Waals surface area contributed by atoms with E-state index >= 15 is 0 Å². The Morgan fingerprint density at radius 1 is 1.32 bits per heavy atom. The lowest BCUT2D eigenvalue weighted by Gasteiger charge is -2.19. The van der Waals surface area contributed by atoms with E-state index in [-0.39, 0.29) is 5.25 Å². The van der Waals surface area contributed by atoms with Gasteiger partial charge in [-0.25, -0.2) is 13.1 Å². The van der Waals surface area contributed by atoms with Crippen molar-refractivity contribution in [1.82, 2.24) is 4.72 Å². The van der Waals surface area contributed by atoms with Gasteiger partial charge in [-0.1, -0.05) is 18.2 Å². The molecule has 1 aliphatic rings. The summed E-state index contributed by atoms with van der Waals surface area (Å²) in [7, 11) is -3.12. The fraction of sp³-hybridized carbons (Fsp3) is 0.571. The molecule has 19 heavy (non-hydrogen) atoms. The van der Waals surface area contributed by atoms with E-state index in [0.717, 1.165) is 25.9 Å². The zero-order chi connectivity index (χ0) is 13.9. The van der Waals surface area contributed by atoms with E-state index in [0.29, 0.717) is 6.54 Å². The zero-order valence-corrected chi connectivity index (χ0v) is 12.4. The monoisotopic (exact) mass is 282 g/mol. The summed E-state index contributed by atoms with van der Waals surface area (Å²) in [5, 5.41) is -0.361. The van der Waals surface area contributed by atoms with Crippen LogP contribution in [0, 0.1) is 0 Å². The van der Waals surface area contributed by atoms with Crippen LogP contribution in [0.3, 0.4) is 0 Å². The van der Waals surface area contributed by atoms with Crippen LogP contribution < -0.4 is 9.62 Å². The van der Waals surface area contributed by atoms with Crippen molar-refractivity contribution in [3.8, 4) is 0 Å². The molecule has 4 nitrogen and oxygen atoms in total. The molecule has 1 aromatic carbocycles. The molecule has 0 unspecified atom stereocenters. The number of hydrogen-bond acceptors (Lipinski definition) is 3. The van der Waals surface area contributed by atoms with E-state index in [4.69, 9.17) is 0 Å². The summed E-state index contributed by atoms with van der Waals surface area (Å²) >= 11 is 0. The van der Waals surface area contributed by atoms with Gasteiger partial charge in [-0.2, -0.15) is 0 Å². The number of benzene rings is 1. The second-order valence-corrected chi connectivity index (χ2v) is 7.53. The standard InChI is InChI=1S/C14H22N2O2S/c1-12(2)19(17,18)15-9-5-10-16-11-8-13-6-3-4-7-14(13)16/h3-4,6-7,12,15H,5,8-11H2,1-2H3. The molecule has 2 rings (SSSR count). The number of fused-ring (bicyclic) bond motifs is 1. The molecule has 1 aromatic rings. The van der Waals surface area contributed by atoms with Crippen molar-refractivity contribution >= 4 is 15.7 Å². The molecule has 0 saturated carbocycles. The lowest BCUT2D eigenvalue weighted by Crippen LogP contribution is -2.33. The summed E-state index contributed by atoms with van der Waals surface area (Å²) in [4.78, 5) is 2.33. The van der Waals surface area contributed by atoms with Crippen LogP contribution in [0.25, 0.3) is 0 Å². The Kier molecular flexibility index (Phi) is 4.47. The van der Waals surface area contributed by atoms with Gasteiger partial charge < -0.3 is 4.90 Å². The lowest BCUT2D eigenvalue weighted by molar-refractivity contribution is 0.569. The Morgan fingerprint density at radius 3 is 2.79 bits per heavy atom. The van der Waals surface area contributed by atoms with E-state index in [9.17, 15) is 8.42 Å². The van der Waals surface area contributed by atoms with Crippen molar-refractivity contribution < 1.29 is 8.42 Å². The number of anilines is 1. The minimum atomic E-state index is -3.12. The third-order valence-corrected chi connectivity index (χ3v) is 5.36. The topological polar surface area (TPSA) is 49.4 Å². The summed E-state index contributed by atoms with van der Waals surface area (Å²) in [5.41, 5.74) is 2.69. The van der Waals surface area contributed by atoms with Crippen molar-refractivity contribution in [2.75, 3.05) is 24.5 Å². The van der Waals surface area contributed by atoms with Crippen LogP contribution in [0.4, 0.5) is 5.69 Å². The minimum absolute atomic E-state index is 0.361. The second kappa shape index (κ2) is 5.92. The van der Waals surface area contributed by atoms with Crippen LogP contribution in [-0.2, 0) is 16.4 Å². The molecule has 0 aliphatic carbocycles. The highest BCUT2D eigenvalue weighted by atomic mass is 32.2. The van der Waals surface area contributed by atoms with Crippen LogP contribution in [0.5, 0.6) is 0 Å². The molecular formula is C14H22N2O2S. The van der Waals surface area contributed by atoms with Crippen LogP contribution in [0.1, 0.15) is 25.8 Å². The highest BCUT2D eigenvalue weighted by molar-refractivity contribution is 7.90. The third kappa shape index (κ3) is 3.48. The molecule has 1 N–H and O–H groups in total. The van der Waals surface area contributed by atoms with Gasteiger partial charge in [0.15, 0.2) is 0 Å². The summed E-state index contributed by atoms with van der Waals surface area (Å²) in [5.74, 6) is 0. The van der Waals surface area contributed by atoms with Crippen LogP contribution >= 0.6 is 0 Å². The Balaban J connectivity index is 1.79. The lowest BCUT2D eigenvalue weighted by atomic mass is 10.2. The largest absolute Gasteiger partial charge is 0.371 e. The van der Waals surface area contributed by atoms with Crippen LogP contribution in [0.2, 0.25) is 0 Å². The third-order valence-electron chi connectivity index (χ3n) is 3.51. The molecule has 106 valence electrons. The molecule has 0 atom stereocenters. The highest BCUT2D eigenvalue weighted by Crippen LogP contribution is 2.27. The van der Waals surface area contributed by atoms with E-state index in [2.05, 4.69) is 33.9 Å². The summed E-state index contributed by atoms with van der Waals surface area (Å²) in [6.45, 7) is 5.84. The van der Waals surface area contributed by atoms with Gasteiger partial charge in [-0.3, -0.25) is 0 Å². The highest BCUT2D eigenvalue weighted by Gasteiger charge is 2.18. The van der Waals surface area contributed by atoms with E-state index < -0.39 is 10.0 Å². The summed E-state index contributed by atoms with van der Waals surface area (Å²) in [6.07, 6.45) is 1.92. The number of nitrogens with one attached hydrogen (secondary N) is 1. The molecule has 0 bridgehead atoms. The van der Waals surface area contributed by atoms with E-state index in [1.165, 1.54) is 11.3 Å². The van der Waals surface area contributed by atoms with Gasteiger partial charge in [0, 0.05) is 25.3 Å². The number of para-hydroxylation sites is 1. The van der Waals surface area contributed by atoms with Gasteiger partial charge in [0.25, 0.3) is 0 Å². The molecule has 0 amide bonds. The van der Waals surface area contributed by atoms with Crippen molar-refractivity contribution in [3.63, 3.8) is 0 Å². The average Bonchev–Trinajstić information content (AvgIpc) is 2.78. The number of rotatable bonds is 6. The first-order valence-corrected chi connectivity index (χ1v) is 8.36. The maximum Gasteiger partial charge on any atom is 0.213 e. The zero-order valence-electron chi connectivity index (χ0n) is 11.6. The number of sulfonamides is 1. The van der Waals surface area contributed by atoms with E-state index in [1.54, 1.807) is 13.8 Å². The van der Waals surface area contributed by atoms with Gasteiger partial charge in [0.1, 0.15) is 0 Å². The SMILES string of the molecule is CC(C)S(=O)(=O)NCCCN1CCc2ccccc21.